The van der Waals surface area contributed by atoms with Gasteiger partial charge in [0.15, 0.2) is 0 Å². The molecule has 3 rings (SSSR count). The van der Waals surface area contributed by atoms with Crippen LogP contribution < -0.4 is 0 Å². The van der Waals surface area contributed by atoms with E-state index in [9.17, 15) is 0 Å². The van der Waals surface area contributed by atoms with E-state index in [1.54, 1.807) is 0 Å². The first-order valence-corrected chi connectivity index (χ1v) is 9.30. The molecule has 1 aromatic heterocycles. The van der Waals surface area contributed by atoms with E-state index in [-0.39, 0.29) is 0 Å². The van der Waals surface area contributed by atoms with Gasteiger partial charge in [0, 0.05) is 16.0 Å². The zero-order valence-electron chi connectivity index (χ0n) is 15.0. The molecule has 0 saturated heterocycles. The second-order valence-electron chi connectivity index (χ2n) is 6.81. The first-order valence-electron chi connectivity index (χ1n) is 8.93. The van der Waals surface area contributed by atoms with E-state index in [4.69, 9.17) is 16.6 Å². The molecule has 0 bridgehead atoms. The van der Waals surface area contributed by atoms with Crippen molar-refractivity contribution in [1.82, 2.24) is 9.88 Å². The number of hydrogen-bond acceptors (Lipinski definition) is 2. The highest BCUT2D eigenvalue weighted by molar-refractivity contribution is 6.31. The van der Waals surface area contributed by atoms with Crippen LogP contribution in [0.25, 0.3) is 22.2 Å². The van der Waals surface area contributed by atoms with Crippen molar-refractivity contribution in [1.29, 1.82) is 0 Å². The standard InChI is InChI=1S/C22H25ClN2/c1-25(2)14-8-4-7-11-18-15-21(17-9-5-3-6-10-17)24-22-16-19(23)12-13-20(18)22/h3,5-6,9-10,12-13,15-16H,4,7-8,11,14H2,1-2H3. The van der Waals surface area contributed by atoms with Gasteiger partial charge in [-0.2, -0.15) is 0 Å². The lowest BCUT2D eigenvalue weighted by Crippen LogP contribution is -2.12. The van der Waals surface area contributed by atoms with Crippen LogP contribution in [0.5, 0.6) is 0 Å². The zero-order chi connectivity index (χ0) is 17.6. The Bertz CT molecular complexity index is 828. The van der Waals surface area contributed by atoms with Gasteiger partial charge in [-0.3, -0.25) is 0 Å². The van der Waals surface area contributed by atoms with Crippen LogP contribution in [-0.2, 0) is 6.42 Å². The van der Waals surface area contributed by atoms with Crippen LogP contribution in [0.4, 0.5) is 0 Å². The van der Waals surface area contributed by atoms with Crippen molar-refractivity contribution in [2.45, 2.75) is 25.7 Å². The molecule has 2 aromatic carbocycles. The highest BCUT2D eigenvalue weighted by Crippen LogP contribution is 2.28. The van der Waals surface area contributed by atoms with E-state index in [0.717, 1.165) is 34.8 Å². The number of halogens is 1. The van der Waals surface area contributed by atoms with E-state index >= 15 is 0 Å². The molecule has 0 aliphatic carbocycles. The summed E-state index contributed by atoms with van der Waals surface area (Å²) in [6.07, 6.45) is 4.77. The second-order valence-corrected chi connectivity index (χ2v) is 7.24. The molecule has 25 heavy (non-hydrogen) atoms. The fourth-order valence-corrected chi connectivity index (χ4v) is 3.32. The number of unbranched alkanes of at least 4 members (excludes halogenated alkanes) is 2. The Labute approximate surface area is 155 Å². The Hall–Kier alpha value is -1.90. The van der Waals surface area contributed by atoms with Gasteiger partial charge in [0.2, 0.25) is 0 Å². The first-order chi connectivity index (χ1) is 12.1. The van der Waals surface area contributed by atoms with Gasteiger partial charge in [-0.05, 0) is 63.7 Å². The van der Waals surface area contributed by atoms with Crippen molar-refractivity contribution in [3.05, 3.63) is 65.2 Å². The predicted molar refractivity (Wildman–Crippen MR) is 108 cm³/mol. The third-order valence-corrected chi connectivity index (χ3v) is 4.71. The Kier molecular flexibility index (Phi) is 6.06. The number of rotatable bonds is 7. The quantitative estimate of drug-likeness (QED) is 0.497. The van der Waals surface area contributed by atoms with Crippen LogP contribution in [0, 0.1) is 0 Å². The van der Waals surface area contributed by atoms with Crippen LogP contribution in [0.2, 0.25) is 5.02 Å². The number of aromatic nitrogens is 1. The lowest BCUT2D eigenvalue weighted by Gasteiger charge is -2.11. The lowest BCUT2D eigenvalue weighted by atomic mass is 9.99. The largest absolute Gasteiger partial charge is 0.309 e. The fourth-order valence-electron chi connectivity index (χ4n) is 3.16. The van der Waals surface area contributed by atoms with E-state index in [1.807, 2.05) is 18.2 Å². The average molecular weight is 353 g/mol. The van der Waals surface area contributed by atoms with Gasteiger partial charge in [-0.25, -0.2) is 4.98 Å². The molecule has 0 fully saturated rings. The van der Waals surface area contributed by atoms with Crippen molar-refractivity contribution < 1.29 is 0 Å². The van der Waals surface area contributed by atoms with Gasteiger partial charge in [0.25, 0.3) is 0 Å². The molecule has 0 spiro atoms. The first kappa shape index (κ1) is 17.9. The van der Waals surface area contributed by atoms with E-state index < -0.39 is 0 Å². The molecule has 2 nitrogen and oxygen atoms in total. The van der Waals surface area contributed by atoms with Crippen LogP contribution >= 0.6 is 11.6 Å². The lowest BCUT2D eigenvalue weighted by molar-refractivity contribution is 0.392. The predicted octanol–water partition coefficient (Wildman–Crippen LogP) is 5.83. The fraction of sp³-hybridized carbons (Fsp3) is 0.318. The van der Waals surface area contributed by atoms with E-state index in [1.165, 1.54) is 30.2 Å². The molecule has 3 heteroatoms. The van der Waals surface area contributed by atoms with Crippen molar-refractivity contribution in [2.24, 2.45) is 0 Å². The monoisotopic (exact) mass is 352 g/mol. The summed E-state index contributed by atoms with van der Waals surface area (Å²) in [6.45, 7) is 1.15. The van der Waals surface area contributed by atoms with Gasteiger partial charge in [0.05, 0.1) is 11.2 Å². The number of fused-ring (bicyclic) bond motifs is 1. The van der Waals surface area contributed by atoms with Gasteiger partial charge in [-0.15, -0.1) is 0 Å². The Balaban J connectivity index is 1.87. The van der Waals surface area contributed by atoms with Crippen molar-refractivity contribution in [2.75, 3.05) is 20.6 Å². The van der Waals surface area contributed by atoms with E-state index in [2.05, 4.69) is 55.4 Å². The minimum absolute atomic E-state index is 0.738. The molecule has 0 aliphatic rings. The Morgan fingerprint density at radius 2 is 1.72 bits per heavy atom. The highest BCUT2D eigenvalue weighted by atomic mass is 35.5. The smallest absolute Gasteiger partial charge is 0.0727 e. The van der Waals surface area contributed by atoms with Crippen LogP contribution in [0.1, 0.15) is 24.8 Å². The maximum Gasteiger partial charge on any atom is 0.0727 e. The topological polar surface area (TPSA) is 16.1 Å². The molecule has 0 aliphatic heterocycles. The highest BCUT2D eigenvalue weighted by Gasteiger charge is 2.08. The van der Waals surface area contributed by atoms with Gasteiger partial charge < -0.3 is 4.90 Å². The van der Waals surface area contributed by atoms with Crippen LogP contribution in [0.15, 0.2) is 54.6 Å². The summed E-state index contributed by atoms with van der Waals surface area (Å²) >= 11 is 6.20. The molecular weight excluding hydrogens is 328 g/mol. The maximum absolute atomic E-state index is 6.20. The third kappa shape index (κ3) is 4.81. The Morgan fingerprint density at radius 3 is 2.48 bits per heavy atom. The SMILES string of the molecule is CN(C)CCCCCc1cc(-c2ccccc2)nc2cc(Cl)ccc12. The van der Waals surface area contributed by atoms with Crippen molar-refractivity contribution >= 4 is 22.5 Å². The molecule has 0 N–H and O–H groups in total. The average Bonchev–Trinajstić information content (AvgIpc) is 2.61. The second kappa shape index (κ2) is 8.46. The molecule has 0 radical (unpaired) electrons. The summed E-state index contributed by atoms with van der Waals surface area (Å²) < 4.78 is 0. The minimum atomic E-state index is 0.738. The summed E-state index contributed by atoms with van der Waals surface area (Å²) in [4.78, 5) is 7.09. The molecule has 0 amide bonds. The molecule has 0 saturated carbocycles. The number of pyridine rings is 1. The molecule has 0 atom stereocenters. The normalized spacial score (nSPS) is 11.4. The number of hydrogen-bond donors (Lipinski definition) is 0. The van der Waals surface area contributed by atoms with Gasteiger partial charge in [-0.1, -0.05) is 54.4 Å². The summed E-state index contributed by atoms with van der Waals surface area (Å²) in [6, 6.07) is 18.7. The van der Waals surface area contributed by atoms with E-state index in [0.29, 0.717) is 0 Å². The zero-order valence-corrected chi connectivity index (χ0v) is 15.8. The summed E-state index contributed by atoms with van der Waals surface area (Å²) in [7, 11) is 4.26. The Morgan fingerprint density at radius 1 is 0.920 bits per heavy atom. The number of nitrogens with zero attached hydrogens (tertiary/aromatic N) is 2. The maximum atomic E-state index is 6.20. The summed E-state index contributed by atoms with van der Waals surface area (Å²) in [5, 5.41) is 1.96. The number of aryl methyl sites for hydroxylation is 1. The van der Waals surface area contributed by atoms with Gasteiger partial charge >= 0.3 is 0 Å². The van der Waals surface area contributed by atoms with Crippen molar-refractivity contribution in [3.8, 4) is 11.3 Å². The van der Waals surface area contributed by atoms with Crippen LogP contribution in [-0.4, -0.2) is 30.5 Å². The van der Waals surface area contributed by atoms with Crippen molar-refractivity contribution in [3.63, 3.8) is 0 Å². The molecule has 0 unspecified atom stereocenters. The third-order valence-electron chi connectivity index (χ3n) is 4.48. The molecule has 130 valence electrons. The molecule has 3 aromatic rings. The molecular formula is C22H25ClN2. The molecule has 1 heterocycles. The summed E-state index contributed by atoms with van der Waals surface area (Å²) in [5.74, 6) is 0. The number of benzene rings is 2. The minimum Gasteiger partial charge on any atom is -0.309 e. The summed E-state index contributed by atoms with van der Waals surface area (Å²) in [5.41, 5.74) is 4.53. The van der Waals surface area contributed by atoms with Crippen LogP contribution in [0.3, 0.4) is 0 Å². The van der Waals surface area contributed by atoms with Gasteiger partial charge in [0.1, 0.15) is 0 Å².